The molecule has 0 bridgehead atoms. The quantitative estimate of drug-likeness (QED) is 0.587. The van der Waals surface area contributed by atoms with Crippen LogP contribution in [0.5, 0.6) is 0 Å². The molecule has 166 valence electrons. The zero-order chi connectivity index (χ0) is 22.2. The van der Waals surface area contributed by atoms with E-state index in [2.05, 4.69) is 69.8 Å². The van der Waals surface area contributed by atoms with E-state index in [0.29, 0.717) is 0 Å². The molecular formula is C25H29N5OS. The number of aryl methyl sites for hydroxylation is 2. The SMILES string of the molecule is Cc1ccc(-n2c(C)cc(C3C(c4ccccn4)NC(=S)N3CC3CCCO3)c2C)nc1. The Balaban J connectivity index is 1.58. The lowest BCUT2D eigenvalue weighted by Crippen LogP contribution is -2.36. The summed E-state index contributed by atoms with van der Waals surface area (Å²) in [5.74, 6) is 0.936. The van der Waals surface area contributed by atoms with Gasteiger partial charge in [0.1, 0.15) is 5.82 Å². The predicted molar refractivity (Wildman–Crippen MR) is 129 cm³/mol. The molecule has 2 aliphatic rings. The van der Waals surface area contributed by atoms with Crippen molar-refractivity contribution in [2.75, 3.05) is 13.2 Å². The molecule has 0 saturated carbocycles. The molecule has 7 heteroatoms. The Kier molecular flexibility index (Phi) is 5.69. The highest BCUT2D eigenvalue weighted by Crippen LogP contribution is 2.41. The highest BCUT2D eigenvalue weighted by Gasteiger charge is 2.42. The van der Waals surface area contributed by atoms with Crippen molar-refractivity contribution < 1.29 is 4.74 Å². The fraction of sp³-hybridized carbons (Fsp3) is 0.400. The number of pyridine rings is 2. The van der Waals surface area contributed by atoms with E-state index in [1.165, 1.54) is 11.3 Å². The fourth-order valence-corrected chi connectivity index (χ4v) is 5.30. The zero-order valence-corrected chi connectivity index (χ0v) is 19.6. The standard InChI is InChI=1S/C25H29N5OS/c1-16-9-10-22(27-14-16)30-17(2)13-20(18(30)3)24-23(21-8-4-5-11-26-21)28-25(32)29(24)15-19-7-6-12-31-19/h4-5,8-11,13-14,19,23-24H,6-7,12,15H2,1-3H3,(H,28,32). The predicted octanol–water partition coefficient (Wildman–Crippen LogP) is 4.34. The molecule has 2 fully saturated rings. The Morgan fingerprint density at radius 1 is 1.16 bits per heavy atom. The Labute approximate surface area is 194 Å². The second-order valence-corrected chi connectivity index (χ2v) is 9.16. The van der Waals surface area contributed by atoms with Gasteiger partial charge in [-0.2, -0.15) is 0 Å². The summed E-state index contributed by atoms with van der Waals surface area (Å²) >= 11 is 5.83. The molecule has 0 spiro atoms. The number of thiocarbonyl (C=S) groups is 1. The maximum absolute atomic E-state index is 5.97. The fourth-order valence-electron chi connectivity index (χ4n) is 4.98. The Morgan fingerprint density at radius 2 is 2.03 bits per heavy atom. The van der Waals surface area contributed by atoms with Crippen molar-refractivity contribution >= 4 is 17.3 Å². The van der Waals surface area contributed by atoms with Crippen LogP contribution in [0.15, 0.2) is 48.8 Å². The molecule has 32 heavy (non-hydrogen) atoms. The van der Waals surface area contributed by atoms with Crippen LogP contribution in [-0.4, -0.2) is 43.8 Å². The van der Waals surface area contributed by atoms with Crippen LogP contribution in [0.2, 0.25) is 0 Å². The topological polar surface area (TPSA) is 55.2 Å². The van der Waals surface area contributed by atoms with E-state index in [9.17, 15) is 0 Å². The average Bonchev–Trinajstić information content (AvgIpc) is 3.49. The van der Waals surface area contributed by atoms with Gasteiger partial charge in [-0.05, 0) is 81.2 Å². The van der Waals surface area contributed by atoms with Crippen LogP contribution in [0.4, 0.5) is 0 Å². The summed E-state index contributed by atoms with van der Waals surface area (Å²) in [5.41, 5.74) is 5.72. The van der Waals surface area contributed by atoms with Crippen LogP contribution < -0.4 is 5.32 Å². The number of hydrogen-bond acceptors (Lipinski definition) is 4. The van der Waals surface area contributed by atoms with Gasteiger partial charge in [0.2, 0.25) is 0 Å². The van der Waals surface area contributed by atoms with Crippen molar-refractivity contribution in [2.24, 2.45) is 0 Å². The lowest BCUT2D eigenvalue weighted by atomic mass is 9.96. The molecule has 0 aliphatic carbocycles. The van der Waals surface area contributed by atoms with E-state index in [4.69, 9.17) is 17.0 Å². The van der Waals surface area contributed by atoms with Crippen molar-refractivity contribution in [3.63, 3.8) is 0 Å². The van der Waals surface area contributed by atoms with Crippen LogP contribution in [0.1, 0.15) is 53.1 Å². The highest BCUT2D eigenvalue weighted by atomic mass is 32.1. The monoisotopic (exact) mass is 447 g/mol. The molecule has 0 aromatic carbocycles. The van der Waals surface area contributed by atoms with Gasteiger partial charge in [0, 0.05) is 36.9 Å². The van der Waals surface area contributed by atoms with E-state index >= 15 is 0 Å². The minimum atomic E-state index is -0.0231. The number of aromatic nitrogens is 3. The summed E-state index contributed by atoms with van der Waals surface area (Å²) in [4.78, 5) is 11.6. The first-order chi connectivity index (χ1) is 15.5. The third-order valence-corrected chi connectivity index (χ3v) is 6.89. The van der Waals surface area contributed by atoms with E-state index < -0.39 is 0 Å². The van der Waals surface area contributed by atoms with Crippen LogP contribution >= 0.6 is 12.2 Å². The van der Waals surface area contributed by atoms with Crippen molar-refractivity contribution in [3.05, 3.63) is 77.0 Å². The van der Waals surface area contributed by atoms with Gasteiger partial charge >= 0.3 is 0 Å². The molecule has 2 aliphatic heterocycles. The van der Waals surface area contributed by atoms with Gasteiger partial charge < -0.3 is 19.5 Å². The molecule has 3 aromatic heterocycles. The lowest BCUT2D eigenvalue weighted by Gasteiger charge is -2.30. The second kappa shape index (κ2) is 8.64. The molecule has 3 unspecified atom stereocenters. The molecule has 5 rings (SSSR count). The molecule has 0 amide bonds. The average molecular weight is 448 g/mol. The van der Waals surface area contributed by atoms with E-state index in [1.807, 2.05) is 24.5 Å². The summed E-state index contributed by atoms with van der Waals surface area (Å²) in [6.45, 7) is 7.99. The third kappa shape index (κ3) is 3.80. The summed E-state index contributed by atoms with van der Waals surface area (Å²) in [5, 5.41) is 4.32. The van der Waals surface area contributed by atoms with Crippen LogP contribution in [-0.2, 0) is 4.74 Å². The number of rotatable bonds is 5. The summed E-state index contributed by atoms with van der Waals surface area (Å²) < 4.78 is 8.20. The molecule has 0 radical (unpaired) electrons. The molecular weight excluding hydrogens is 418 g/mol. The van der Waals surface area contributed by atoms with Gasteiger partial charge in [-0.25, -0.2) is 4.98 Å². The Bertz CT molecular complexity index is 1110. The number of nitrogens with one attached hydrogen (secondary N) is 1. The maximum atomic E-state index is 5.97. The van der Waals surface area contributed by atoms with E-state index in [-0.39, 0.29) is 18.2 Å². The number of nitrogens with zero attached hydrogens (tertiary/aromatic N) is 4. The molecule has 5 heterocycles. The van der Waals surface area contributed by atoms with Gasteiger partial charge in [-0.3, -0.25) is 4.98 Å². The zero-order valence-electron chi connectivity index (χ0n) is 18.8. The largest absolute Gasteiger partial charge is 0.376 e. The van der Waals surface area contributed by atoms with Crippen LogP contribution in [0.25, 0.3) is 5.82 Å². The smallest absolute Gasteiger partial charge is 0.170 e. The Morgan fingerprint density at radius 3 is 2.72 bits per heavy atom. The van der Waals surface area contributed by atoms with Crippen molar-refractivity contribution in [3.8, 4) is 5.82 Å². The van der Waals surface area contributed by atoms with Gasteiger partial charge in [0.25, 0.3) is 0 Å². The summed E-state index contributed by atoms with van der Waals surface area (Å²) in [6, 6.07) is 12.5. The lowest BCUT2D eigenvalue weighted by molar-refractivity contribution is 0.0842. The summed E-state index contributed by atoms with van der Waals surface area (Å²) in [6.07, 6.45) is 6.16. The Hall–Kier alpha value is -2.77. The van der Waals surface area contributed by atoms with Gasteiger partial charge in [-0.15, -0.1) is 0 Å². The normalized spacial score (nSPS) is 23.0. The minimum Gasteiger partial charge on any atom is -0.376 e. The van der Waals surface area contributed by atoms with E-state index in [0.717, 1.165) is 53.9 Å². The maximum Gasteiger partial charge on any atom is 0.170 e. The van der Waals surface area contributed by atoms with Gasteiger partial charge in [-0.1, -0.05) is 12.1 Å². The number of hydrogen-bond donors (Lipinski definition) is 1. The molecule has 6 nitrogen and oxygen atoms in total. The number of ether oxygens (including phenoxy) is 1. The third-order valence-electron chi connectivity index (χ3n) is 6.54. The van der Waals surface area contributed by atoms with Crippen molar-refractivity contribution in [2.45, 2.75) is 51.8 Å². The van der Waals surface area contributed by atoms with E-state index in [1.54, 1.807) is 0 Å². The molecule has 1 N–H and O–H groups in total. The summed E-state index contributed by atoms with van der Waals surface area (Å²) in [7, 11) is 0. The molecule has 3 atom stereocenters. The second-order valence-electron chi connectivity index (χ2n) is 8.77. The van der Waals surface area contributed by atoms with Gasteiger partial charge in [0.05, 0.1) is 23.9 Å². The first kappa shape index (κ1) is 21.1. The molecule has 2 saturated heterocycles. The van der Waals surface area contributed by atoms with Crippen LogP contribution in [0, 0.1) is 20.8 Å². The first-order valence-electron chi connectivity index (χ1n) is 11.2. The van der Waals surface area contributed by atoms with Crippen LogP contribution in [0.3, 0.4) is 0 Å². The van der Waals surface area contributed by atoms with Gasteiger partial charge in [0.15, 0.2) is 5.11 Å². The molecule has 3 aromatic rings. The minimum absolute atomic E-state index is 0.0231. The first-order valence-corrected chi connectivity index (χ1v) is 11.7. The van der Waals surface area contributed by atoms with Crippen molar-refractivity contribution in [1.29, 1.82) is 0 Å². The highest BCUT2D eigenvalue weighted by molar-refractivity contribution is 7.80. The van der Waals surface area contributed by atoms with Crippen molar-refractivity contribution in [1.82, 2.24) is 24.8 Å².